The molecule has 4 saturated carbocycles. The molecule has 0 radical (unpaired) electrons. The van der Waals surface area contributed by atoms with Crippen molar-refractivity contribution >= 4 is 17.8 Å². The average molecular weight is 555 g/mol. The SMILES string of the molecule is COC(=O)C1CCC2(C)CCC3C(=CC(=O)C4C3(C)CCC3[C@H](C)C(NC(=O)N5CCOCC5)CCC34C)C2C1. The summed E-state index contributed by atoms with van der Waals surface area (Å²) in [6.45, 7) is 12.0. The molecule has 1 heterocycles. The minimum Gasteiger partial charge on any atom is -0.469 e. The highest BCUT2D eigenvalue weighted by molar-refractivity contribution is 5.95. The largest absolute Gasteiger partial charge is 0.469 e. The van der Waals surface area contributed by atoms with Gasteiger partial charge in [-0.05, 0) is 104 Å². The number of carbonyl (C=O) groups is 3. The van der Waals surface area contributed by atoms with Crippen LogP contribution in [-0.2, 0) is 19.1 Å². The summed E-state index contributed by atoms with van der Waals surface area (Å²) in [5.74, 6) is 1.66. The summed E-state index contributed by atoms with van der Waals surface area (Å²) in [5, 5.41) is 3.38. The Morgan fingerprint density at radius 2 is 1.68 bits per heavy atom. The Balaban J connectivity index is 1.25. The zero-order valence-corrected chi connectivity index (χ0v) is 25.3. The van der Waals surface area contributed by atoms with Crippen LogP contribution < -0.4 is 5.32 Å². The smallest absolute Gasteiger partial charge is 0.317 e. The molecule has 1 saturated heterocycles. The van der Waals surface area contributed by atoms with E-state index in [1.54, 1.807) is 0 Å². The molecule has 9 unspecified atom stereocenters. The van der Waals surface area contributed by atoms with Gasteiger partial charge in [-0.2, -0.15) is 0 Å². The van der Waals surface area contributed by atoms with E-state index < -0.39 is 0 Å². The molecule has 1 aliphatic heterocycles. The van der Waals surface area contributed by atoms with Gasteiger partial charge in [-0.3, -0.25) is 9.59 Å². The molecule has 6 rings (SSSR count). The maximum Gasteiger partial charge on any atom is 0.317 e. The van der Waals surface area contributed by atoms with E-state index in [0.29, 0.717) is 55.8 Å². The molecule has 0 aromatic rings. The van der Waals surface area contributed by atoms with Crippen molar-refractivity contribution in [2.75, 3.05) is 33.4 Å². The van der Waals surface area contributed by atoms with Gasteiger partial charge >= 0.3 is 12.0 Å². The van der Waals surface area contributed by atoms with Crippen LogP contribution in [0.15, 0.2) is 11.6 Å². The average Bonchev–Trinajstić information content (AvgIpc) is 2.93. The highest BCUT2D eigenvalue weighted by atomic mass is 16.5. The number of urea groups is 1. The van der Waals surface area contributed by atoms with Crippen LogP contribution in [0, 0.1) is 51.8 Å². The highest BCUT2D eigenvalue weighted by Crippen LogP contribution is 2.69. The van der Waals surface area contributed by atoms with Crippen LogP contribution in [0.1, 0.15) is 85.5 Å². The van der Waals surface area contributed by atoms with E-state index in [0.717, 1.165) is 51.4 Å². The number of esters is 1. The molecule has 222 valence electrons. The Labute approximate surface area is 240 Å². The zero-order valence-electron chi connectivity index (χ0n) is 25.3. The van der Waals surface area contributed by atoms with E-state index in [1.807, 2.05) is 4.90 Å². The van der Waals surface area contributed by atoms with Gasteiger partial charge in [-0.15, -0.1) is 0 Å². The Kier molecular flexibility index (Phi) is 7.15. The van der Waals surface area contributed by atoms with Gasteiger partial charge in [0, 0.05) is 25.0 Å². The number of nitrogens with one attached hydrogen (secondary N) is 1. The van der Waals surface area contributed by atoms with Crippen molar-refractivity contribution in [3.05, 3.63) is 11.6 Å². The molecule has 7 nitrogen and oxygen atoms in total. The van der Waals surface area contributed by atoms with Crippen LogP contribution in [0.3, 0.4) is 0 Å². The number of hydrogen-bond donors (Lipinski definition) is 1. The number of allylic oxidation sites excluding steroid dienone is 2. The molecule has 5 fully saturated rings. The predicted molar refractivity (Wildman–Crippen MR) is 152 cm³/mol. The highest BCUT2D eigenvalue weighted by Gasteiger charge is 2.65. The topological polar surface area (TPSA) is 84.9 Å². The second-order valence-electron chi connectivity index (χ2n) is 15.0. The molecule has 1 N–H and O–H groups in total. The summed E-state index contributed by atoms with van der Waals surface area (Å²) < 4.78 is 10.6. The van der Waals surface area contributed by atoms with Crippen molar-refractivity contribution in [2.45, 2.75) is 91.5 Å². The second-order valence-corrected chi connectivity index (χ2v) is 15.0. The monoisotopic (exact) mass is 554 g/mol. The first-order valence-electron chi connectivity index (χ1n) is 16.0. The van der Waals surface area contributed by atoms with E-state index in [9.17, 15) is 14.4 Å². The number of morpholine rings is 1. The summed E-state index contributed by atoms with van der Waals surface area (Å²) in [6.07, 6.45) is 11.2. The Morgan fingerprint density at radius 1 is 0.975 bits per heavy atom. The molecule has 7 heteroatoms. The predicted octanol–water partition coefficient (Wildman–Crippen LogP) is 5.38. The maximum absolute atomic E-state index is 14.3. The van der Waals surface area contributed by atoms with Crippen LogP contribution >= 0.6 is 0 Å². The third-order valence-electron chi connectivity index (χ3n) is 13.2. The fraction of sp³-hybridized carbons (Fsp3) is 0.848. The van der Waals surface area contributed by atoms with E-state index in [-0.39, 0.29) is 46.1 Å². The van der Waals surface area contributed by atoms with Crippen LogP contribution in [0.25, 0.3) is 0 Å². The summed E-state index contributed by atoms with van der Waals surface area (Å²) in [5.41, 5.74) is 1.42. The van der Waals surface area contributed by atoms with Crippen LogP contribution in [0.4, 0.5) is 4.79 Å². The van der Waals surface area contributed by atoms with Gasteiger partial charge in [0.1, 0.15) is 0 Å². The third kappa shape index (κ3) is 4.27. The number of nitrogens with zero attached hydrogens (tertiary/aromatic N) is 1. The number of rotatable bonds is 2. The normalized spacial score (nSPS) is 46.6. The Bertz CT molecular complexity index is 1080. The zero-order chi connectivity index (χ0) is 28.4. The number of ether oxygens (including phenoxy) is 2. The van der Waals surface area contributed by atoms with Crippen molar-refractivity contribution in [2.24, 2.45) is 51.8 Å². The van der Waals surface area contributed by atoms with E-state index in [1.165, 1.54) is 19.1 Å². The first kappa shape index (κ1) is 28.2. The van der Waals surface area contributed by atoms with Gasteiger partial charge in [0.05, 0.1) is 26.2 Å². The minimum atomic E-state index is -0.0875. The van der Waals surface area contributed by atoms with Gasteiger partial charge in [0.25, 0.3) is 0 Å². The Hall–Kier alpha value is -1.89. The van der Waals surface area contributed by atoms with E-state index in [2.05, 4.69) is 39.1 Å². The van der Waals surface area contributed by atoms with Gasteiger partial charge in [-0.1, -0.05) is 33.3 Å². The summed E-state index contributed by atoms with van der Waals surface area (Å²) >= 11 is 0. The van der Waals surface area contributed by atoms with Crippen LogP contribution in [0.2, 0.25) is 0 Å². The number of fused-ring (bicyclic) bond motifs is 7. The lowest BCUT2D eigenvalue weighted by molar-refractivity contribution is -0.161. The molecule has 6 aliphatic rings. The Morgan fingerprint density at radius 3 is 2.40 bits per heavy atom. The van der Waals surface area contributed by atoms with E-state index in [4.69, 9.17) is 9.47 Å². The summed E-state index contributed by atoms with van der Waals surface area (Å²) in [4.78, 5) is 41.8. The molecule has 5 aliphatic carbocycles. The third-order valence-corrected chi connectivity index (χ3v) is 13.2. The lowest BCUT2D eigenvalue weighted by atomic mass is 9.38. The molecular weight excluding hydrogens is 504 g/mol. The van der Waals surface area contributed by atoms with Crippen LogP contribution in [0.5, 0.6) is 0 Å². The maximum atomic E-state index is 14.3. The van der Waals surface area contributed by atoms with Gasteiger partial charge in [-0.25, -0.2) is 4.79 Å². The van der Waals surface area contributed by atoms with Gasteiger partial charge < -0.3 is 19.7 Å². The quantitative estimate of drug-likeness (QED) is 0.463. The molecule has 0 aromatic heterocycles. The molecule has 10 atom stereocenters. The number of methoxy groups -OCH3 is 1. The molecule has 2 amide bonds. The fourth-order valence-electron chi connectivity index (χ4n) is 11.0. The summed E-state index contributed by atoms with van der Waals surface area (Å²) in [7, 11) is 1.50. The van der Waals surface area contributed by atoms with E-state index >= 15 is 0 Å². The number of amides is 2. The van der Waals surface area contributed by atoms with Gasteiger partial charge in [0.2, 0.25) is 0 Å². The lowest BCUT2D eigenvalue weighted by Crippen LogP contribution is -2.63. The van der Waals surface area contributed by atoms with Crippen molar-refractivity contribution in [1.29, 1.82) is 0 Å². The number of ketones is 1. The summed E-state index contributed by atoms with van der Waals surface area (Å²) in [6, 6.07) is 0.184. The first-order valence-corrected chi connectivity index (χ1v) is 16.0. The van der Waals surface area contributed by atoms with Crippen LogP contribution in [-0.4, -0.2) is 62.1 Å². The molecular formula is C33H50N2O5. The molecule has 0 spiro atoms. The second kappa shape index (κ2) is 10.1. The van der Waals surface area contributed by atoms with Crippen molar-refractivity contribution in [1.82, 2.24) is 10.2 Å². The van der Waals surface area contributed by atoms with Gasteiger partial charge in [0.15, 0.2) is 5.78 Å². The molecule has 0 bridgehead atoms. The fourth-order valence-corrected chi connectivity index (χ4v) is 11.0. The first-order chi connectivity index (χ1) is 19.0. The molecule has 40 heavy (non-hydrogen) atoms. The lowest BCUT2D eigenvalue weighted by Gasteiger charge is -2.65. The van der Waals surface area contributed by atoms with Crippen molar-refractivity contribution in [3.63, 3.8) is 0 Å². The minimum absolute atomic E-state index is 0.0233. The van der Waals surface area contributed by atoms with Crippen molar-refractivity contribution < 1.29 is 23.9 Å². The molecule has 0 aromatic carbocycles. The van der Waals surface area contributed by atoms with Crippen molar-refractivity contribution in [3.8, 4) is 0 Å². The number of hydrogen-bond acceptors (Lipinski definition) is 5. The number of carbonyl (C=O) groups excluding carboxylic acids is 3. The standard InChI is InChI=1S/C33H50N2O5/c1-20-23-8-12-33(4)24-7-11-31(2)10-6-21(29(37)39-5)18-25(31)22(24)19-27(36)28(33)32(23,3)13-9-26(20)34-30(38)35-14-16-40-17-15-35/h19-21,23-26,28H,6-18H2,1-5H3,(H,34,38)/t20-,21?,23?,24?,25?,26?,28?,31?,32?,33?/m0/s1.